The van der Waals surface area contributed by atoms with Gasteiger partial charge in [0.1, 0.15) is 0 Å². The Morgan fingerprint density at radius 3 is 2.58 bits per heavy atom. The van der Waals surface area contributed by atoms with E-state index < -0.39 is 0 Å². The number of carbonyl (C=O) groups excluding carboxylic acids is 1. The zero-order valence-corrected chi connectivity index (χ0v) is 12.3. The fourth-order valence-corrected chi connectivity index (χ4v) is 2.21. The Labute approximate surface area is 116 Å². The first kappa shape index (κ1) is 15.7. The summed E-state index contributed by atoms with van der Waals surface area (Å²) >= 11 is 0. The van der Waals surface area contributed by atoms with Gasteiger partial charge in [0.25, 0.3) is 0 Å². The highest BCUT2D eigenvalue weighted by molar-refractivity contribution is 5.93. The molecule has 3 heteroatoms. The molecule has 0 aromatic heterocycles. The minimum atomic E-state index is -0.0766. The quantitative estimate of drug-likeness (QED) is 0.784. The minimum Gasteiger partial charge on any atom is -0.326 e. The first-order valence-corrected chi connectivity index (χ1v) is 7.25. The van der Waals surface area contributed by atoms with E-state index in [1.54, 1.807) is 0 Å². The van der Waals surface area contributed by atoms with Gasteiger partial charge in [0.15, 0.2) is 0 Å². The summed E-state index contributed by atoms with van der Waals surface area (Å²) in [6, 6.07) is 7.68. The molecule has 0 saturated heterocycles. The first-order chi connectivity index (χ1) is 9.10. The van der Waals surface area contributed by atoms with Crippen molar-refractivity contribution < 1.29 is 4.79 Å². The van der Waals surface area contributed by atoms with Crippen LogP contribution in [0.2, 0.25) is 0 Å². The van der Waals surface area contributed by atoms with Gasteiger partial charge >= 0.3 is 0 Å². The molecule has 0 aliphatic carbocycles. The van der Waals surface area contributed by atoms with Crippen molar-refractivity contribution in [2.75, 3.05) is 5.32 Å². The number of anilines is 1. The van der Waals surface area contributed by atoms with Gasteiger partial charge in [-0.15, -0.1) is 0 Å². The number of hydrogen-bond acceptors (Lipinski definition) is 2. The van der Waals surface area contributed by atoms with Gasteiger partial charge in [-0.2, -0.15) is 0 Å². The predicted octanol–water partition coefficient (Wildman–Crippen LogP) is 3.86. The summed E-state index contributed by atoms with van der Waals surface area (Å²) in [5.41, 5.74) is 7.76. The van der Waals surface area contributed by atoms with Gasteiger partial charge in [-0.1, -0.05) is 44.9 Å². The average molecular weight is 262 g/mol. The molecule has 0 aliphatic heterocycles. The second kappa shape index (κ2) is 7.95. The fraction of sp³-hybridized carbons (Fsp3) is 0.562. The SMILES string of the molecule is CCCCC(CC)C(=O)Nc1ccccc1C(C)N. The Morgan fingerprint density at radius 1 is 1.32 bits per heavy atom. The second-order valence-corrected chi connectivity index (χ2v) is 5.11. The van der Waals surface area contributed by atoms with Crippen molar-refractivity contribution in [3.05, 3.63) is 29.8 Å². The molecule has 1 rings (SSSR count). The lowest BCUT2D eigenvalue weighted by atomic mass is 9.98. The Morgan fingerprint density at radius 2 is 2.00 bits per heavy atom. The van der Waals surface area contributed by atoms with E-state index in [0.29, 0.717) is 0 Å². The van der Waals surface area contributed by atoms with Crippen LogP contribution in [0, 0.1) is 5.92 Å². The predicted molar refractivity (Wildman–Crippen MR) is 81.0 cm³/mol. The van der Waals surface area contributed by atoms with E-state index in [1.807, 2.05) is 31.2 Å². The number of benzene rings is 1. The number of nitrogens with two attached hydrogens (primary N) is 1. The molecule has 2 unspecified atom stereocenters. The molecular weight excluding hydrogens is 236 g/mol. The van der Waals surface area contributed by atoms with Crippen LogP contribution in [0.3, 0.4) is 0 Å². The van der Waals surface area contributed by atoms with Crippen molar-refractivity contribution >= 4 is 11.6 Å². The topological polar surface area (TPSA) is 55.1 Å². The summed E-state index contributed by atoms with van der Waals surface area (Å²) < 4.78 is 0. The van der Waals surface area contributed by atoms with E-state index in [0.717, 1.165) is 36.9 Å². The van der Waals surface area contributed by atoms with Crippen molar-refractivity contribution in [3.63, 3.8) is 0 Å². The van der Waals surface area contributed by atoms with Crippen LogP contribution in [-0.4, -0.2) is 5.91 Å². The van der Waals surface area contributed by atoms with E-state index in [-0.39, 0.29) is 17.9 Å². The number of carbonyl (C=O) groups is 1. The summed E-state index contributed by atoms with van der Waals surface area (Å²) in [7, 11) is 0. The molecule has 0 radical (unpaired) electrons. The molecule has 0 bridgehead atoms. The van der Waals surface area contributed by atoms with Crippen molar-refractivity contribution in [3.8, 4) is 0 Å². The Kier molecular flexibility index (Phi) is 6.57. The van der Waals surface area contributed by atoms with Gasteiger partial charge in [-0.25, -0.2) is 0 Å². The minimum absolute atomic E-state index is 0.0766. The smallest absolute Gasteiger partial charge is 0.227 e. The van der Waals surface area contributed by atoms with Crippen LogP contribution in [0.5, 0.6) is 0 Å². The number of rotatable bonds is 7. The summed E-state index contributed by atoms with van der Waals surface area (Å²) in [4.78, 5) is 12.3. The van der Waals surface area contributed by atoms with Crippen molar-refractivity contribution in [1.29, 1.82) is 0 Å². The summed E-state index contributed by atoms with van der Waals surface area (Å²) in [6.07, 6.45) is 4.06. The van der Waals surface area contributed by atoms with Crippen LogP contribution in [0.25, 0.3) is 0 Å². The molecule has 0 aliphatic rings. The molecule has 1 aromatic carbocycles. The molecule has 3 N–H and O–H groups in total. The number of amides is 1. The van der Waals surface area contributed by atoms with Gasteiger partial charge in [0.05, 0.1) is 0 Å². The molecule has 1 aromatic rings. The molecule has 0 fully saturated rings. The molecular formula is C16H26N2O. The van der Waals surface area contributed by atoms with Crippen LogP contribution in [-0.2, 0) is 4.79 Å². The number of hydrogen-bond donors (Lipinski definition) is 2. The van der Waals surface area contributed by atoms with Gasteiger partial charge in [-0.3, -0.25) is 4.79 Å². The first-order valence-electron chi connectivity index (χ1n) is 7.25. The Balaban J connectivity index is 2.75. The monoisotopic (exact) mass is 262 g/mol. The normalized spacial score (nSPS) is 13.9. The van der Waals surface area contributed by atoms with E-state index in [2.05, 4.69) is 19.2 Å². The maximum absolute atomic E-state index is 12.3. The van der Waals surface area contributed by atoms with Crippen LogP contribution < -0.4 is 11.1 Å². The highest BCUT2D eigenvalue weighted by Crippen LogP contribution is 2.22. The van der Waals surface area contributed by atoms with Crippen LogP contribution in [0.4, 0.5) is 5.69 Å². The third kappa shape index (κ3) is 4.67. The van der Waals surface area contributed by atoms with Crippen molar-refractivity contribution in [2.24, 2.45) is 11.7 Å². The zero-order valence-electron chi connectivity index (χ0n) is 12.3. The molecule has 0 heterocycles. The average Bonchev–Trinajstić information content (AvgIpc) is 2.40. The molecule has 1 amide bonds. The highest BCUT2D eigenvalue weighted by atomic mass is 16.1. The standard InChI is InChI=1S/C16H26N2O/c1-4-6-9-13(5-2)16(19)18-15-11-8-7-10-14(15)12(3)17/h7-8,10-13H,4-6,9,17H2,1-3H3,(H,18,19). The molecule has 0 spiro atoms. The van der Waals surface area contributed by atoms with E-state index in [4.69, 9.17) is 5.73 Å². The second-order valence-electron chi connectivity index (χ2n) is 5.11. The van der Waals surface area contributed by atoms with Gasteiger partial charge in [-0.05, 0) is 31.4 Å². The summed E-state index contributed by atoms with van der Waals surface area (Å²) in [5, 5.41) is 3.03. The lowest BCUT2D eigenvalue weighted by Gasteiger charge is -2.18. The molecule has 106 valence electrons. The molecule has 3 nitrogen and oxygen atoms in total. The van der Waals surface area contributed by atoms with Gasteiger partial charge < -0.3 is 11.1 Å². The van der Waals surface area contributed by atoms with Crippen LogP contribution >= 0.6 is 0 Å². The van der Waals surface area contributed by atoms with Crippen molar-refractivity contribution in [1.82, 2.24) is 0 Å². The van der Waals surface area contributed by atoms with Crippen molar-refractivity contribution in [2.45, 2.75) is 52.5 Å². The number of unbranched alkanes of at least 4 members (excludes halogenated alkanes) is 1. The van der Waals surface area contributed by atoms with Crippen LogP contribution in [0.15, 0.2) is 24.3 Å². The van der Waals surface area contributed by atoms with E-state index in [9.17, 15) is 4.79 Å². The fourth-order valence-electron chi connectivity index (χ4n) is 2.21. The largest absolute Gasteiger partial charge is 0.326 e. The number of para-hydroxylation sites is 1. The maximum atomic E-state index is 12.3. The third-order valence-corrected chi connectivity index (χ3v) is 3.48. The van der Waals surface area contributed by atoms with Gasteiger partial charge in [0.2, 0.25) is 5.91 Å². The highest BCUT2D eigenvalue weighted by Gasteiger charge is 2.17. The van der Waals surface area contributed by atoms with E-state index in [1.165, 1.54) is 0 Å². The maximum Gasteiger partial charge on any atom is 0.227 e. The lowest BCUT2D eigenvalue weighted by molar-refractivity contribution is -0.120. The molecule has 0 saturated carbocycles. The Hall–Kier alpha value is -1.35. The third-order valence-electron chi connectivity index (χ3n) is 3.48. The number of nitrogens with one attached hydrogen (secondary N) is 1. The molecule has 19 heavy (non-hydrogen) atoms. The Bertz CT molecular complexity index is 401. The summed E-state index contributed by atoms with van der Waals surface area (Å²) in [6.45, 7) is 6.15. The van der Waals surface area contributed by atoms with Gasteiger partial charge in [0, 0.05) is 17.6 Å². The lowest BCUT2D eigenvalue weighted by Crippen LogP contribution is -2.23. The van der Waals surface area contributed by atoms with E-state index >= 15 is 0 Å². The molecule has 2 atom stereocenters. The zero-order chi connectivity index (χ0) is 14.3. The van der Waals surface area contributed by atoms with Crippen LogP contribution in [0.1, 0.15) is 58.1 Å². The summed E-state index contributed by atoms with van der Waals surface area (Å²) in [5.74, 6) is 0.213.